The Kier molecular flexibility index (Phi) is 3.20. The van der Waals surface area contributed by atoms with Crippen LogP contribution in [0.25, 0.3) is 0 Å². The van der Waals surface area contributed by atoms with Crippen LogP contribution in [0, 0.1) is 12.7 Å². The van der Waals surface area contributed by atoms with Crippen molar-refractivity contribution in [2.75, 3.05) is 0 Å². The molecule has 0 saturated heterocycles. The molecule has 0 spiro atoms. The van der Waals surface area contributed by atoms with Gasteiger partial charge in [0.15, 0.2) is 0 Å². The smallest absolute Gasteiger partial charge is 0.126 e. The lowest BCUT2D eigenvalue weighted by Gasteiger charge is -2.08. The fourth-order valence-electron chi connectivity index (χ4n) is 1.49. The van der Waals surface area contributed by atoms with Crippen molar-refractivity contribution >= 4 is 0 Å². The van der Waals surface area contributed by atoms with Gasteiger partial charge in [0.1, 0.15) is 18.2 Å². The minimum atomic E-state index is -0.276. The topological polar surface area (TPSA) is 9.23 Å². The highest BCUT2D eigenvalue weighted by Crippen LogP contribution is 2.15. The molecule has 2 rings (SSSR count). The van der Waals surface area contributed by atoms with Crippen LogP contribution in [0.4, 0.5) is 4.39 Å². The quantitative estimate of drug-likeness (QED) is 0.759. The summed E-state index contributed by atoms with van der Waals surface area (Å²) in [7, 11) is 0. The summed E-state index contributed by atoms with van der Waals surface area (Å²) in [5.74, 6) is 0.283. The number of benzene rings is 2. The number of hydrogen-bond donors (Lipinski definition) is 0. The summed E-state index contributed by atoms with van der Waals surface area (Å²) >= 11 is 0. The number of rotatable bonds is 3. The van der Waals surface area contributed by atoms with Gasteiger partial charge in [-0.05, 0) is 30.2 Å². The summed E-state index contributed by atoms with van der Waals surface area (Å²) in [6.45, 7) is 2.50. The molecule has 0 amide bonds. The van der Waals surface area contributed by atoms with Gasteiger partial charge in [0.25, 0.3) is 0 Å². The Balaban J connectivity index is 2.05. The Morgan fingerprint density at radius 2 is 1.88 bits per heavy atom. The molecule has 2 heteroatoms. The van der Waals surface area contributed by atoms with Gasteiger partial charge in [-0.1, -0.05) is 30.3 Å². The molecule has 0 bridgehead atoms. The van der Waals surface area contributed by atoms with Crippen molar-refractivity contribution in [2.45, 2.75) is 13.5 Å². The summed E-state index contributed by atoms with van der Waals surface area (Å²) in [4.78, 5) is 0. The molecular weight excluding hydrogens is 203 g/mol. The minimum Gasteiger partial charge on any atom is -0.489 e. The zero-order chi connectivity index (χ0) is 11.4. The third kappa shape index (κ3) is 2.60. The van der Waals surface area contributed by atoms with Crippen molar-refractivity contribution in [1.82, 2.24) is 0 Å². The number of aryl methyl sites for hydroxylation is 1. The van der Waals surface area contributed by atoms with Gasteiger partial charge in [0.05, 0.1) is 0 Å². The first kappa shape index (κ1) is 10.7. The molecule has 0 heterocycles. The van der Waals surface area contributed by atoms with E-state index in [9.17, 15) is 4.39 Å². The normalized spacial score (nSPS) is 10.1. The average Bonchev–Trinajstić information content (AvgIpc) is 2.28. The van der Waals surface area contributed by atoms with E-state index in [1.165, 1.54) is 17.7 Å². The lowest BCUT2D eigenvalue weighted by atomic mass is 10.1. The first-order valence-electron chi connectivity index (χ1n) is 5.18. The number of ether oxygens (including phenoxy) is 1. The summed E-state index contributed by atoms with van der Waals surface area (Å²) in [5.41, 5.74) is 2.30. The van der Waals surface area contributed by atoms with E-state index in [-0.39, 0.29) is 5.82 Å². The van der Waals surface area contributed by atoms with Crippen molar-refractivity contribution in [2.24, 2.45) is 0 Å². The lowest BCUT2D eigenvalue weighted by molar-refractivity contribution is 0.304. The molecule has 0 radical (unpaired) electrons. The second kappa shape index (κ2) is 4.79. The Morgan fingerprint density at radius 1 is 1.06 bits per heavy atom. The molecule has 0 N–H and O–H groups in total. The summed E-state index contributed by atoms with van der Waals surface area (Å²) in [6.07, 6.45) is 0. The Labute approximate surface area is 94.5 Å². The van der Waals surface area contributed by atoms with Gasteiger partial charge in [0.2, 0.25) is 0 Å². The number of hydrogen-bond acceptors (Lipinski definition) is 1. The van der Waals surface area contributed by atoms with Crippen LogP contribution in [-0.2, 0) is 6.61 Å². The van der Waals surface area contributed by atoms with Crippen molar-refractivity contribution < 1.29 is 9.13 Å². The van der Waals surface area contributed by atoms with Gasteiger partial charge >= 0.3 is 0 Å². The molecule has 16 heavy (non-hydrogen) atoms. The SMILES string of the molecule is Cc1ccccc1COc1cccc(F)c1. The predicted molar refractivity (Wildman–Crippen MR) is 61.9 cm³/mol. The van der Waals surface area contributed by atoms with E-state index in [0.717, 1.165) is 5.56 Å². The van der Waals surface area contributed by atoms with Crippen LogP contribution in [-0.4, -0.2) is 0 Å². The Bertz CT molecular complexity index is 480. The first-order chi connectivity index (χ1) is 7.75. The Hall–Kier alpha value is -1.83. The predicted octanol–water partition coefficient (Wildman–Crippen LogP) is 3.71. The zero-order valence-electron chi connectivity index (χ0n) is 9.11. The van der Waals surface area contributed by atoms with E-state index >= 15 is 0 Å². The molecule has 2 aromatic rings. The van der Waals surface area contributed by atoms with Crippen molar-refractivity contribution in [3.63, 3.8) is 0 Å². The minimum absolute atomic E-state index is 0.276. The van der Waals surface area contributed by atoms with Crippen LogP contribution >= 0.6 is 0 Å². The maximum absolute atomic E-state index is 12.9. The van der Waals surface area contributed by atoms with Gasteiger partial charge in [-0.25, -0.2) is 4.39 Å². The molecule has 0 aliphatic heterocycles. The van der Waals surface area contributed by atoms with E-state index in [4.69, 9.17) is 4.74 Å². The maximum atomic E-state index is 12.9. The molecule has 2 aromatic carbocycles. The zero-order valence-corrected chi connectivity index (χ0v) is 9.11. The summed E-state index contributed by atoms with van der Waals surface area (Å²) in [5, 5.41) is 0. The van der Waals surface area contributed by atoms with Crippen LogP contribution in [0.15, 0.2) is 48.5 Å². The molecule has 0 atom stereocenters. The molecule has 1 nitrogen and oxygen atoms in total. The fourth-order valence-corrected chi connectivity index (χ4v) is 1.49. The van der Waals surface area contributed by atoms with E-state index < -0.39 is 0 Å². The van der Waals surface area contributed by atoms with Crippen molar-refractivity contribution in [1.29, 1.82) is 0 Å². The van der Waals surface area contributed by atoms with Gasteiger partial charge in [0, 0.05) is 6.07 Å². The highest BCUT2D eigenvalue weighted by molar-refractivity contribution is 5.27. The molecule has 0 saturated carbocycles. The van der Waals surface area contributed by atoms with E-state index in [1.54, 1.807) is 12.1 Å². The average molecular weight is 216 g/mol. The van der Waals surface area contributed by atoms with Gasteiger partial charge in [-0.2, -0.15) is 0 Å². The monoisotopic (exact) mass is 216 g/mol. The molecular formula is C14H13FO. The second-order valence-electron chi connectivity index (χ2n) is 3.67. The fraction of sp³-hybridized carbons (Fsp3) is 0.143. The van der Waals surface area contributed by atoms with Crippen LogP contribution < -0.4 is 4.74 Å². The van der Waals surface area contributed by atoms with Crippen LogP contribution in [0.1, 0.15) is 11.1 Å². The van der Waals surface area contributed by atoms with Crippen LogP contribution in [0.3, 0.4) is 0 Å². The van der Waals surface area contributed by atoms with Gasteiger partial charge in [-0.15, -0.1) is 0 Å². The first-order valence-corrected chi connectivity index (χ1v) is 5.18. The lowest BCUT2D eigenvalue weighted by Crippen LogP contribution is -1.97. The standard InChI is InChI=1S/C14H13FO/c1-11-5-2-3-6-12(11)10-16-14-8-4-7-13(15)9-14/h2-9H,10H2,1H3. The van der Waals surface area contributed by atoms with E-state index in [0.29, 0.717) is 12.4 Å². The maximum Gasteiger partial charge on any atom is 0.126 e. The molecule has 0 unspecified atom stereocenters. The van der Waals surface area contributed by atoms with Crippen LogP contribution in [0.5, 0.6) is 5.75 Å². The molecule has 0 fully saturated rings. The summed E-state index contributed by atoms with van der Waals surface area (Å²) < 4.78 is 18.4. The summed E-state index contributed by atoms with van der Waals surface area (Å²) in [6, 6.07) is 14.2. The molecule has 0 aliphatic carbocycles. The molecule has 0 aromatic heterocycles. The van der Waals surface area contributed by atoms with Crippen molar-refractivity contribution in [3.05, 3.63) is 65.5 Å². The van der Waals surface area contributed by atoms with Gasteiger partial charge in [-0.3, -0.25) is 0 Å². The van der Waals surface area contributed by atoms with Crippen molar-refractivity contribution in [3.8, 4) is 5.75 Å². The molecule has 0 aliphatic rings. The van der Waals surface area contributed by atoms with Gasteiger partial charge < -0.3 is 4.74 Å². The third-order valence-corrected chi connectivity index (χ3v) is 2.45. The highest BCUT2D eigenvalue weighted by atomic mass is 19.1. The molecule has 82 valence electrons. The number of halogens is 1. The van der Waals surface area contributed by atoms with E-state index in [1.807, 2.05) is 31.2 Å². The second-order valence-corrected chi connectivity index (χ2v) is 3.67. The highest BCUT2D eigenvalue weighted by Gasteiger charge is 1.99. The Morgan fingerprint density at radius 3 is 2.62 bits per heavy atom. The largest absolute Gasteiger partial charge is 0.489 e. The van der Waals surface area contributed by atoms with E-state index in [2.05, 4.69) is 0 Å². The third-order valence-electron chi connectivity index (χ3n) is 2.45. The van der Waals surface area contributed by atoms with Crippen LogP contribution in [0.2, 0.25) is 0 Å².